The van der Waals surface area contributed by atoms with E-state index in [1.54, 1.807) is 12.4 Å². The Hall–Kier alpha value is -1.56. The highest BCUT2D eigenvalue weighted by molar-refractivity contribution is 7.09. The number of thiazole rings is 1. The number of hydrogen-bond donors (Lipinski definition) is 0. The van der Waals surface area contributed by atoms with Crippen LogP contribution in [0.25, 0.3) is 0 Å². The summed E-state index contributed by atoms with van der Waals surface area (Å²) in [5.74, 6) is -0.137. The highest BCUT2D eigenvalue weighted by Gasteiger charge is 2.15. The van der Waals surface area contributed by atoms with Crippen LogP contribution in [0.1, 0.15) is 21.2 Å². The van der Waals surface area contributed by atoms with Crippen molar-refractivity contribution in [2.24, 2.45) is 7.05 Å². The van der Waals surface area contributed by atoms with Crippen molar-refractivity contribution < 1.29 is 4.79 Å². The molecule has 0 atom stereocenters. The van der Waals surface area contributed by atoms with Gasteiger partial charge in [0.2, 0.25) is 5.78 Å². The summed E-state index contributed by atoms with van der Waals surface area (Å²) in [7, 11) is 1.68. The second kappa shape index (κ2) is 3.30. The van der Waals surface area contributed by atoms with Gasteiger partial charge in [0.05, 0.1) is 11.2 Å². The van der Waals surface area contributed by atoms with Crippen LogP contribution in [-0.2, 0) is 7.05 Å². The van der Waals surface area contributed by atoms with Crippen molar-refractivity contribution in [2.45, 2.75) is 6.92 Å². The summed E-state index contributed by atoms with van der Waals surface area (Å²) in [4.78, 5) is 15.9. The third kappa shape index (κ3) is 1.44. The van der Waals surface area contributed by atoms with E-state index in [1.165, 1.54) is 22.2 Å². The number of nitrogens with zero attached hydrogens (tertiary/aromatic N) is 4. The van der Waals surface area contributed by atoms with E-state index in [-0.39, 0.29) is 5.78 Å². The predicted octanol–water partition coefficient (Wildman–Crippen LogP) is 0.811. The first-order valence-corrected chi connectivity index (χ1v) is 4.88. The van der Waals surface area contributed by atoms with Crippen LogP contribution in [0, 0.1) is 6.92 Å². The van der Waals surface area contributed by atoms with Gasteiger partial charge in [-0.2, -0.15) is 0 Å². The van der Waals surface area contributed by atoms with Crippen LogP contribution in [-0.4, -0.2) is 25.8 Å². The van der Waals surface area contributed by atoms with E-state index in [2.05, 4.69) is 15.3 Å². The SMILES string of the molecule is Cc1nc(C(=O)c2cnnn2C)cs1. The van der Waals surface area contributed by atoms with Crippen molar-refractivity contribution >= 4 is 17.1 Å². The van der Waals surface area contributed by atoms with Crippen molar-refractivity contribution in [3.05, 3.63) is 28.0 Å². The first kappa shape index (κ1) is 9.01. The molecule has 0 bridgehead atoms. The Morgan fingerprint density at radius 1 is 1.57 bits per heavy atom. The fourth-order valence-corrected chi connectivity index (χ4v) is 1.69. The monoisotopic (exact) mass is 208 g/mol. The summed E-state index contributed by atoms with van der Waals surface area (Å²) in [6.07, 6.45) is 1.44. The van der Waals surface area contributed by atoms with E-state index < -0.39 is 0 Å². The quantitative estimate of drug-likeness (QED) is 0.685. The van der Waals surface area contributed by atoms with Crippen molar-refractivity contribution in [2.75, 3.05) is 0 Å². The van der Waals surface area contributed by atoms with Gasteiger partial charge in [0.15, 0.2) is 0 Å². The van der Waals surface area contributed by atoms with E-state index in [1.807, 2.05) is 6.92 Å². The van der Waals surface area contributed by atoms with Crippen LogP contribution in [0.2, 0.25) is 0 Å². The second-order valence-electron chi connectivity index (χ2n) is 2.82. The third-order valence-corrected chi connectivity index (χ3v) is 2.57. The Labute approximate surface area is 84.4 Å². The van der Waals surface area contributed by atoms with Gasteiger partial charge in [-0.1, -0.05) is 5.21 Å². The Bertz CT molecular complexity index is 473. The molecule has 2 heterocycles. The summed E-state index contributed by atoms with van der Waals surface area (Å²) in [5, 5.41) is 9.95. The minimum Gasteiger partial charge on any atom is -0.285 e. The number of rotatable bonds is 2. The molecule has 0 N–H and O–H groups in total. The average Bonchev–Trinajstić information content (AvgIpc) is 2.73. The van der Waals surface area contributed by atoms with Gasteiger partial charge in [0, 0.05) is 12.4 Å². The Morgan fingerprint density at radius 3 is 2.86 bits per heavy atom. The maximum absolute atomic E-state index is 11.8. The number of carbonyl (C=O) groups excluding carboxylic acids is 1. The molecule has 0 aliphatic rings. The fraction of sp³-hybridized carbons (Fsp3) is 0.250. The minimum atomic E-state index is -0.137. The number of hydrogen-bond acceptors (Lipinski definition) is 5. The maximum Gasteiger partial charge on any atom is 0.231 e. The zero-order valence-electron chi connectivity index (χ0n) is 7.76. The number of aromatic nitrogens is 4. The molecular weight excluding hydrogens is 200 g/mol. The number of carbonyl (C=O) groups is 1. The van der Waals surface area contributed by atoms with Gasteiger partial charge in [0.1, 0.15) is 11.4 Å². The van der Waals surface area contributed by atoms with Crippen molar-refractivity contribution in [3.8, 4) is 0 Å². The number of ketones is 1. The molecule has 0 saturated carbocycles. The van der Waals surface area contributed by atoms with Gasteiger partial charge in [-0.15, -0.1) is 16.4 Å². The summed E-state index contributed by atoms with van der Waals surface area (Å²) in [5.41, 5.74) is 0.910. The molecule has 2 aromatic heterocycles. The van der Waals surface area contributed by atoms with Crippen LogP contribution in [0.5, 0.6) is 0 Å². The first-order chi connectivity index (χ1) is 6.68. The zero-order chi connectivity index (χ0) is 10.1. The molecule has 0 amide bonds. The molecule has 14 heavy (non-hydrogen) atoms. The van der Waals surface area contributed by atoms with Gasteiger partial charge in [-0.25, -0.2) is 9.67 Å². The lowest BCUT2D eigenvalue weighted by atomic mass is 10.2. The second-order valence-corrected chi connectivity index (χ2v) is 3.89. The van der Waals surface area contributed by atoms with Crippen LogP contribution < -0.4 is 0 Å². The van der Waals surface area contributed by atoms with Gasteiger partial charge in [-0.3, -0.25) is 4.79 Å². The fourth-order valence-electron chi connectivity index (χ4n) is 1.09. The van der Waals surface area contributed by atoms with Crippen LogP contribution in [0.15, 0.2) is 11.6 Å². The Balaban J connectivity index is 2.38. The predicted molar refractivity (Wildman–Crippen MR) is 51.3 cm³/mol. The van der Waals surface area contributed by atoms with Crippen LogP contribution in [0.3, 0.4) is 0 Å². The molecule has 2 aromatic rings. The van der Waals surface area contributed by atoms with Crippen LogP contribution >= 0.6 is 11.3 Å². The van der Waals surface area contributed by atoms with Crippen molar-refractivity contribution in [1.29, 1.82) is 0 Å². The van der Waals surface area contributed by atoms with Gasteiger partial charge >= 0.3 is 0 Å². The lowest BCUT2D eigenvalue weighted by Crippen LogP contribution is -2.08. The minimum absolute atomic E-state index is 0.137. The van der Waals surface area contributed by atoms with Gasteiger partial charge in [-0.05, 0) is 6.92 Å². The topological polar surface area (TPSA) is 60.7 Å². The molecule has 0 aliphatic carbocycles. The molecule has 0 radical (unpaired) electrons. The molecule has 5 nitrogen and oxygen atoms in total. The molecular formula is C8H8N4OS. The lowest BCUT2D eigenvalue weighted by Gasteiger charge is -1.95. The third-order valence-electron chi connectivity index (χ3n) is 1.80. The molecule has 72 valence electrons. The average molecular weight is 208 g/mol. The Morgan fingerprint density at radius 2 is 2.36 bits per heavy atom. The molecule has 6 heteroatoms. The van der Waals surface area contributed by atoms with E-state index in [9.17, 15) is 4.79 Å². The number of aryl methyl sites for hydroxylation is 2. The highest BCUT2D eigenvalue weighted by atomic mass is 32.1. The molecule has 0 fully saturated rings. The molecule has 2 rings (SSSR count). The summed E-state index contributed by atoms with van der Waals surface area (Å²) in [6.45, 7) is 1.86. The van der Waals surface area contributed by atoms with Crippen molar-refractivity contribution in [3.63, 3.8) is 0 Å². The van der Waals surface area contributed by atoms with E-state index in [0.717, 1.165) is 5.01 Å². The smallest absolute Gasteiger partial charge is 0.231 e. The lowest BCUT2D eigenvalue weighted by molar-refractivity contribution is 0.102. The first-order valence-electron chi connectivity index (χ1n) is 4.00. The highest BCUT2D eigenvalue weighted by Crippen LogP contribution is 2.11. The summed E-state index contributed by atoms with van der Waals surface area (Å²) >= 11 is 1.45. The van der Waals surface area contributed by atoms with Crippen LogP contribution in [0.4, 0.5) is 0 Å². The largest absolute Gasteiger partial charge is 0.285 e. The zero-order valence-corrected chi connectivity index (χ0v) is 8.58. The van der Waals surface area contributed by atoms with Crippen molar-refractivity contribution in [1.82, 2.24) is 20.0 Å². The Kier molecular flexibility index (Phi) is 2.12. The molecule has 0 aliphatic heterocycles. The van der Waals surface area contributed by atoms with Gasteiger partial charge in [0.25, 0.3) is 0 Å². The standard InChI is InChI=1S/C8H8N4OS/c1-5-10-6(4-14-5)8(13)7-3-9-11-12(7)2/h3-4H,1-2H3. The van der Waals surface area contributed by atoms with E-state index >= 15 is 0 Å². The van der Waals surface area contributed by atoms with E-state index in [0.29, 0.717) is 11.4 Å². The normalized spacial score (nSPS) is 10.4. The summed E-state index contributed by atoms with van der Waals surface area (Å²) < 4.78 is 1.44. The molecule has 0 unspecified atom stereocenters. The van der Waals surface area contributed by atoms with Gasteiger partial charge < -0.3 is 0 Å². The molecule has 0 aromatic carbocycles. The molecule has 0 saturated heterocycles. The maximum atomic E-state index is 11.8. The summed E-state index contributed by atoms with van der Waals surface area (Å²) in [6, 6.07) is 0. The van der Waals surface area contributed by atoms with E-state index in [4.69, 9.17) is 0 Å². The molecule has 0 spiro atoms.